The monoisotopic (exact) mass is 278 g/mol. The zero-order chi connectivity index (χ0) is 15.1. The summed E-state index contributed by atoms with van der Waals surface area (Å²) in [5, 5.41) is 0. The Balaban J connectivity index is 2.21. The highest BCUT2D eigenvalue weighted by Gasteiger charge is 2.08. The van der Waals surface area contributed by atoms with Crippen molar-refractivity contribution in [2.75, 3.05) is 6.61 Å². The average molecular weight is 278 g/mol. The van der Waals surface area contributed by atoms with Gasteiger partial charge in [-0.1, -0.05) is 49.1 Å². The molecule has 0 N–H and O–H groups in total. The van der Waals surface area contributed by atoms with Crippen molar-refractivity contribution in [3.05, 3.63) is 77.9 Å². The van der Waals surface area contributed by atoms with E-state index in [2.05, 4.69) is 6.58 Å². The number of benzene rings is 2. The topological polar surface area (TPSA) is 26.3 Å². The highest BCUT2D eigenvalue weighted by molar-refractivity contribution is 6.08. The molecule has 2 rings (SSSR count). The highest BCUT2D eigenvalue weighted by atomic mass is 16.5. The number of carbonyl (C=O) groups is 1. The van der Waals surface area contributed by atoms with Crippen LogP contribution in [0.1, 0.15) is 28.4 Å². The van der Waals surface area contributed by atoms with Crippen LogP contribution in [0, 0.1) is 0 Å². The van der Waals surface area contributed by atoms with Crippen LogP contribution in [0.4, 0.5) is 0 Å². The van der Waals surface area contributed by atoms with Gasteiger partial charge >= 0.3 is 0 Å². The predicted molar refractivity (Wildman–Crippen MR) is 87.5 cm³/mol. The molecule has 0 bridgehead atoms. The van der Waals surface area contributed by atoms with Crippen LogP contribution in [0.2, 0.25) is 0 Å². The van der Waals surface area contributed by atoms with Gasteiger partial charge in [0.15, 0.2) is 5.78 Å². The number of carbonyl (C=O) groups excluding carboxylic acids is 1. The lowest BCUT2D eigenvalue weighted by Gasteiger charge is -2.06. The van der Waals surface area contributed by atoms with E-state index in [-0.39, 0.29) is 5.78 Å². The molecule has 0 aromatic heterocycles. The van der Waals surface area contributed by atoms with E-state index in [1.807, 2.05) is 49.4 Å². The first-order valence-corrected chi connectivity index (χ1v) is 6.91. The van der Waals surface area contributed by atoms with E-state index < -0.39 is 0 Å². The number of allylic oxidation sites excluding steroid dienone is 1. The first kappa shape index (κ1) is 14.8. The zero-order valence-corrected chi connectivity index (χ0v) is 12.1. The number of ketones is 1. The van der Waals surface area contributed by atoms with E-state index >= 15 is 0 Å². The second-order valence-electron chi connectivity index (χ2n) is 4.50. The minimum absolute atomic E-state index is 0.0666. The molecule has 0 fully saturated rings. The van der Waals surface area contributed by atoms with Crippen LogP contribution in [0.15, 0.2) is 61.2 Å². The molecule has 0 saturated heterocycles. The SMILES string of the molecule is C=Cc1cccc(/C=C/C(=O)c2ccccc2OCC)c1. The van der Waals surface area contributed by atoms with Crippen molar-refractivity contribution in [1.82, 2.24) is 0 Å². The molecule has 2 aromatic carbocycles. The van der Waals surface area contributed by atoms with Gasteiger partial charge in [0, 0.05) is 0 Å². The predicted octanol–water partition coefficient (Wildman–Crippen LogP) is 4.62. The normalized spacial score (nSPS) is 10.5. The highest BCUT2D eigenvalue weighted by Crippen LogP contribution is 2.19. The quantitative estimate of drug-likeness (QED) is 0.569. The molecule has 0 spiro atoms. The van der Waals surface area contributed by atoms with Crippen LogP contribution in [-0.4, -0.2) is 12.4 Å². The molecule has 2 heteroatoms. The van der Waals surface area contributed by atoms with Crippen LogP contribution in [-0.2, 0) is 0 Å². The Morgan fingerprint density at radius 3 is 2.67 bits per heavy atom. The molecule has 0 aliphatic carbocycles. The molecule has 0 saturated carbocycles. The maximum Gasteiger partial charge on any atom is 0.189 e. The smallest absolute Gasteiger partial charge is 0.189 e. The van der Waals surface area contributed by atoms with Gasteiger partial charge in [0.2, 0.25) is 0 Å². The summed E-state index contributed by atoms with van der Waals surface area (Å²) in [6, 6.07) is 15.1. The second-order valence-corrected chi connectivity index (χ2v) is 4.50. The van der Waals surface area contributed by atoms with E-state index in [0.29, 0.717) is 17.9 Å². The van der Waals surface area contributed by atoms with Crippen LogP contribution in [0.25, 0.3) is 12.2 Å². The average Bonchev–Trinajstić information content (AvgIpc) is 2.53. The third-order valence-corrected chi connectivity index (χ3v) is 3.03. The first-order chi connectivity index (χ1) is 10.2. The van der Waals surface area contributed by atoms with Gasteiger partial charge < -0.3 is 4.74 Å². The Bertz CT molecular complexity index is 669. The summed E-state index contributed by atoms with van der Waals surface area (Å²) in [6.07, 6.45) is 5.15. The summed E-state index contributed by atoms with van der Waals surface area (Å²) in [4.78, 5) is 12.3. The number of rotatable bonds is 6. The van der Waals surface area contributed by atoms with Gasteiger partial charge in [-0.3, -0.25) is 4.79 Å². The minimum Gasteiger partial charge on any atom is -0.493 e. The van der Waals surface area contributed by atoms with E-state index in [9.17, 15) is 4.79 Å². The lowest BCUT2D eigenvalue weighted by Crippen LogP contribution is -2.01. The molecule has 106 valence electrons. The van der Waals surface area contributed by atoms with Crippen molar-refractivity contribution in [3.8, 4) is 5.75 Å². The van der Waals surface area contributed by atoms with Crippen molar-refractivity contribution in [2.24, 2.45) is 0 Å². The van der Waals surface area contributed by atoms with Crippen LogP contribution < -0.4 is 4.74 Å². The van der Waals surface area contributed by atoms with Crippen molar-refractivity contribution in [2.45, 2.75) is 6.92 Å². The van der Waals surface area contributed by atoms with Crippen LogP contribution in [0.3, 0.4) is 0 Å². The van der Waals surface area contributed by atoms with Crippen molar-refractivity contribution in [1.29, 1.82) is 0 Å². The fourth-order valence-corrected chi connectivity index (χ4v) is 2.00. The third kappa shape index (κ3) is 3.93. The van der Waals surface area contributed by atoms with Gasteiger partial charge in [0.1, 0.15) is 5.75 Å². The lowest BCUT2D eigenvalue weighted by atomic mass is 10.1. The largest absolute Gasteiger partial charge is 0.493 e. The van der Waals surface area contributed by atoms with Gasteiger partial charge in [0.05, 0.1) is 12.2 Å². The standard InChI is InChI=1S/C19H18O2/c1-3-15-8-7-9-16(14-15)12-13-18(20)17-10-5-6-11-19(17)21-4-2/h3,5-14H,1,4H2,2H3/b13-12+. The van der Waals surface area contributed by atoms with E-state index in [1.165, 1.54) is 0 Å². The summed E-state index contributed by atoms with van der Waals surface area (Å²) < 4.78 is 5.48. The molecule has 0 aliphatic rings. The van der Waals surface area contributed by atoms with Gasteiger partial charge in [0.25, 0.3) is 0 Å². The first-order valence-electron chi connectivity index (χ1n) is 6.91. The van der Waals surface area contributed by atoms with E-state index in [1.54, 1.807) is 24.3 Å². The molecule has 2 aromatic rings. The van der Waals surface area contributed by atoms with Gasteiger partial charge in [-0.25, -0.2) is 0 Å². The maximum absolute atomic E-state index is 12.3. The minimum atomic E-state index is -0.0666. The number of para-hydroxylation sites is 1. The van der Waals surface area contributed by atoms with Crippen molar-refractivity contribution in [3.63, 3.8) is 0 Å². The summed E-state index contributed by atoms with van der Waals surface area (Å²) in [7, 11) is 0. The molecule has 0 amide bonds. The summed E-state index contributed by atoms with van der Waals surface area (Å²) in [6.45, 7) is 6.18. The molecule has 0 atom stereocenters. The lowest BCUT2D eigenvalue weighted by molar-refractivity contribution is 0.104. The fraction of sp³-hybridized carbons (Fsp3) is 0.105. The third-order valence-electron chi connectivity index (χ3n) is 3.03. The summed E-state index contributed by atoms with van der Waals surface area (Å²) in [5.41, 5.74) is 2.57. The summed E-state index contributed by atoms with van der Waals surface area (Å²) in [5.74, 6) is 0.553. The number of hydrogen-bond donors (Lipinski definition) is 0. The molecule has 2 nitrogen and oxygen atoms in total. The Morgan fingerprint density at radius 1 is 1.14 bits per heavy atom. The Labute approximate surface area is 125 Å². The van der Waals surface area contributed by atoms with Crippen LogP contribution in [0.5, 0.6) is 5.75 Å². The summed E-state index contributed by atoms with van der Waals surface area (Å²) >= 11 is 0. The maximum atomic E-state index is 12.3. The van der Waals surface area contributed by atoms with E-state index in [4.69, 9.17) is 4.74 Å². The second kappa shape index (κ2) is 7.25. The molecule has 21 heavy (non-hydrogen) atoms. The van der Waals surface area contributed by atoms with Gasteiger partial charge in [-0.05, 0) is 42.3 Å². The fourth-order valence-electron chi connectivity index (χ4n) is 2.00. The molecule has 0 unspecified atom stereocenters. The van der Waals surface area contributed by atoms with Crippen molar-refractivity contribution < 1.29 is 9.53 Å². The number of hydrogen-bond acceptors (Lipinski definition) is 2. The van der Waals surface area contributed by atoms with Gasteiger partial charge in [-0.15, -0.1) is 0 Å². The van der Waals surface area contributed by atoms with E-state index in [0.717, 1.165) is 11.1 Å². The molecule has 0 heterocycles. The zero-order valence-electron chi connectivity index (χ0n) is 12.1. The van der Waals surface area contributed by atoms with Crippen molar-refractivity contribution >= 4 is 17.9 Å². The molecular weight excluding hydrogens is 260 g/mol. The number of ether oxygens (including phenoxy) is 1. The Morgan fingerprint density at radius 2 is 1.90 bits per heavy atom. The Hall–Kier alpha value is -2.61. The van der Waals surface area contributed by atoms with Gasteiger partial charge in [-0.2, -0.15) is 0 Å². The Kier molecular flexibility index (Phi) is 5.10. The molecular formula is C19H18O2. The molecule has 0 aliphatic heterocycles. The molecule has 0 radical (unpaired) electrons. The van der Waals surface area contributed by atoms with Crippen LogP contribution >= 0.6 is 0 Å².